The summed E-state index contributed by atoms with van der Waals surface area (Å²) in [5.41, 5.74) is 3.34. The summed E-state index contributed by atoms with van der Waals surface area (Å²) < 4.78 is 38.4. The molecule has 1 aromatic carbocycles. The second kappa shape index (κ2) is 16.4. The predicted molar refractivity (Wildman–Crippen MR) is 209 cm³/mol. The van der Waals surface area contributed by atoms with E-state index in [0.29, 0.717) is 58.9 Å². The molecule has 3 fully saturated rings. The zero-order valence-electron chi connectivity index (χ0n) is 32.2. The number of phenols is 1. The number of fused-ring (bicyclic) bond motifs is 1. The van der Waals surface area contributed by atoms with Gasteiger partial charge in [-0.25, -0.2) is 13.8 Å². The van der Waals surface area contributed by atoms with Gasteiger partial charge in [-0.15, -0.1) is 0 Å². The molecule has 0 radical (unpaired) electrons. The Morgan fingerprint density at radius 3 is 2.40 bits per heavy atom. The van der Waals surface area contributed by atoms with Crippen molar-refractivity contribution in [2.24, 2.45) is 31.7 Å². The van der Waals surface area contributed by atoms with Gasteiger partial charge >= 0.3 is 0 Å². The smallest absolute Gasteiger partial charge is 0.175 e. The fraction of sp³-hybridized carbons (Fsp3) is 0.643. The van der Waals surface area contributed by atoms with Crippen LogP contribution < -0.4 is 0 Å². The molecule has 5 aliphatic rings. The van der Waals surface area contributed by atoms with Crippen LogP contribution in [0.5, 0.6) is 5.75 Å². The van der Waals surface area contributed by atoms with Gasteiger partial charge in [0.1, 0.15) is 35.5 Å². The Morgan fingerprint density at radius 2 is 1.75 bits per heavy atom. The van der Waals surface area contributed by atoms with Crippen LogP contribution in [0.3, 0.4) is 0 Å². The van der Waals surface area contributed by atoms with E-state index in [0.717, 1.165) is 90.0 Å². The van der Waals surface area contributed by atoms with Crippen molar-refractivity contribution in [3.63, 3.8) is 0 Å². The Hall–Kier alpha value is -3.21. The summed E-state index contributed by atoms with van der Waals surface area (Å²) >= 11 is 0. The lowest BCUT2D eigenvalue weighted by atomic mass is 9.83. The van der Waals surface area contributed by atoms with Crippen LogP contribution in [0, 0.1) is 16.7 Å². The van der Waals surface area contributed by atoms with Crippen LogP contribution in [0.1, 0.15) is 103 Å². The van der Waals surface area contributed by atoms with Crippen molar-refractivity contribution < 1.29 is 18.6 Å². The van der Waals surface area contributed by atoms with E-state index in [1.165, 1.54) is 12.5 Å². The Kier molecular flexibility index (Phi) is 12.2. The normalized spacial score (nSPS) is 23.2. The number of aryl methyl sites for hydroxylation is 1. The van der Waals surface area contributed by atoms with Gasteiger partial charge in [0.05, 0.1) is 12.2 Å². The van der Waals surface area contributed by atoms with Crippen molar-refractivity contribution in [3.05, 3.63) is 51.9 Å². The largest absolute Gasteiger partial charge is 0.508 e. The summed E-state index contributed by atoms with van der Waals surface area (Å²) in [5.74, 6) is 0.424. The monoisotopic (exact) mass is 718 g/mol. The Balaban J connectivity index is 1.20. The molecule has 1 aromatic rings. The highest BCUT2D eigenvalue weighted by Crippen LogP contribution is 2.47. The van der Waals surface area contributed by atoms with Crippen LogP contribution in [0.2, 0.25) is 0 Å². The van der Waals surface area contributed by atoms with E-state index in [-0.39, 0.29) is 41.6 Å². The number of aliphatic imine (C=N–C) groups is 3. The Labute approximate surface area is 310 Å². The summed E-state index contributed by atoms with van der Waals surface area (Å²) in [6, 6.07) is 3.14. The van der Waals surface area contributed by atoms with Crippen molar-refractivity contribution in [3.8, 4) is 5.75 Å². The summed E-state index contributed by atoms with van der Waals surface area (Å²) in [7, 11) is 0. The lowest BCUT2D eigenvalue weighted by molar-refractivity contribution is 0.0472. The third-order valence-electron chi connectivity index (χ3n) is 11.4. The molecule has 0 bridgehead atoms. The number of aromatic hydroxyl groups is 1. The van der Waals surface area contributed by atoms with Crippen LogP contribution in [-0.2, 0) is 11.2 Å². The molecule has 0 spiro atoms. The molecule has 2 saturated heterocycles. The minimum atomic E-state index is -0.635. The molecule has 2 aliphatic carbocycles. The molecule has 1 saturated carbocycles. The topological polar surface area (TPSA) is 76.3 Å². The van der Waals surface area contributed by atoms with Gasteiger partial charge in [0.15, 0.2) is 5.83 Å². The minimum Gasteiger partial charge on any atom is -0.508 e. The quantitative estimate of drug-likeness (QED) is 0.154. The average Bonchev–Trinajstić information content (AvgIpc) is 3.87. The van der Waals surface area contributed by atoms with E-state index in [4.69, 9.17) is 9.73 Å². The Morgan fingerprint density at radius 1 is 1.04 bits per heavy atom. The number of hydrogen-bond acceptors (Lipinski definition) is 8. The van der Waals surface area contributed by atoms with Crippen molar-refractivity contribution in [2.75, 3.05) is 65.7 Å². The first-order valence-corrected chi connectivity index (χ1v) is 19.6. The second-order valence-corrected chi connectivity index (χ2v) is 16.9. The molecular formula is C42H60F2N6O2. The molecule has 3 heterocycles. The van der Waals surface area contributed by atoms with E-state index < -0.39 is 5.83 Å². The number of phenolic OH excluding ortho intramolecular Hbond substituents is 1. The summed E-state index contributed by atoms with van der Waals surface area (Å²) in [5, 5.41) is 10.7. The summed E-state index contributed by atoms with van der Waals surface area (Å²) in [4.78, 5) is 21.1. The molecule has 0 atom stereocenters. The van der Waals surface area contributed by atoms with Crippen molar-refractivity contribution in [1.82, 2.24) is 14.7 Å². The molecule has 0 aromatic heterocycles. The molecule has 284 valence electrons. The highest BCUT2D eigenvalue weighted by molar-refractivity contribution is 6.28. The average molecular weight is 719 g/mol. The van der Waals surface area contributed by atoms with Crippen molar-refractivity contribution in [1.29, 1.82) is 0 Å². The first-order chi connectivity index (χ1) is 24.9. The molecule has 6 rings (SSSR count). The van der Waals surface area contributed by atoms with Crippen LogP contribution in [0.25, 0.3) is 11.3 Å². The number of halogens is 2. The fourth-order valence-corrected chi connectivity index (χ4v) is 9.02. The van der Waals surface area contributed by atoms with Crippen molar-refractivity contribution >= 4 is 29.9 Å². The highest BCUT2D eigenvalue weighted by atomic mass is 19.1. The first-order valence-electron chi connectivity index (χ1n) is 19.6. The van der Waals surface area contributed by atoms with E-state index in [1.807, 2.05) is 6.92 Å². The molecular weight excluding hydrogens is 658 g/mol. The number of piperidine rings is 1. The van der Waals surface area contributed by atoms with Gasteiger partial charge in [-0.05, 0) is 98.2 Å². The zero-order valence-corrected chi connectivity index (χ0v) is 32.2. The number of likely N-dealkylation sites (tertiary alicyclic amines) is 1. The number of allylic oxidation sites excluding steroid dienone is 4. The van der Waals surface area contributed by atoms with E-state index >= 15 is 8.78 Å². The maximum absolute atomic E-state index is 17.0. The fourth-order valence-electron chi connectivity index (χ4n) is 9.02. The summed E-state index contributed by atoms with van der Waals surface area (Å²) in [6.07, 6.45) is 9.39. The van der Waals surface area contributed by atoms with Crippen molar-refractivity contribution in [2.45, 2.75) is 92.4 Å². The molecule has 8 nitrogen and oxygen atoms in total. The van der Waals surface area contributed by atoms with Gasteiger partial charge in [-0.1, -0.05) is 34.6 Å². The molecule has 0 amide bonds. The molecule has 0 unspecified atom stereocenters. The van der Waals surface area contributed by atoms with Gasteiger partial charge < -0.3 is 24.5 Å². The number of rotatable bonds is 14. The SMILES string of the molecule is C=N/C(=C1/C=NC(c2cc(O)cc3c2C(CC)=C(F)CC3)=C(F)/C1=N/COCC1(CN2CCN(CC(C)(C)CC(C)C)CC2)CC1)N1CCCCC1. The van der Waals surface area contributed by atoms with Crippen LogP contribution >= 0.6 is 0 Å². The Bertz CT molecular complexity index is 1640. The molecule has 10 heteroatoms. The number of hydrogen-bond donors (Lipinski definition) is 1. The minimum absolute atomic E-state index is 0.00181. The predicted octanol–water partition coefficient (Wildman–Crippen LogP) is 8.43. The van der Waals surface area contributed by atoms with E-state index in [1.54, 1.807) is 12.3 Å². The third kappa shape index (κ3) is 8.93. The maximum atomic E-state index is 17.0. The van der Waals surface area contributed by atoms with Crippen LogP contribution in [-0.4, -0.2) is 104 Å². The second-order valence-electron chi connectivity index (χ2n) is 16.9. The lowest BCUT2D eigenvalue weighted by Gasteiger charge is -2.40. The zero-order chi connectivity index (χ0) is 37.0. The first kappa shape index (κ1) is 38.5. The molecule has 3 aliphatic heterocycles. The van der Waals surface area contributed by atoms with Gasteiger partial charge in [-0.3, -0.25) is 9.98 Å². The maximum Gasteiger partial charge on any atom is 0.175 e. The van der Waals surface area contributed by atoms with E-state index in [9.17, 15) is 5.11 Å². The number of ether oxygens (including phenoxy) is 1. The third-order valence-corrected chi connectivity index (χ3v) is 11.4. The van der Waals surface area contributed by atoms with Gasteiger partial charge in [0.25, 0.3) is 0 Å². The van der Waals surface area contributed by atoms with Crippen LogP contribution in [0.4, 0.5) is 8.78 Å². The molecule has 1 N–H and O–H groups in total. The number of piperazine rings is 1. The van der Waals surface area contributed by atoms with Gasteiger partial charge in [0, 0.05) is 76.0 Å². The molecule has 52 heavy (non-hydrogen) atoms. The van der Waals surface area contributed by atoms with E-state index in [2.05, 4.69) is 59.1 Å². The standard InChI is InChI=1S/C42H60F2N6O2/c1-7-32-35(43)12-11-30-21-31(51)22-33(36(30)32)38-37(44)39(34(24-46-38)40(45-6)50-15-9-8-10-16-50)47-28-52-27-42(13-14-42)26-49-19-17-48(18-20-49)25-41(4,5)23-29(2)3/h21-22,24,29,51H,6-20,23,25-28H2,1-5H3/b40-34+,47-39+. The van der Waals surface area contributed by atoms with Crippen LogP contribution in [0.15, 0.2) is 50.2 Å². The van der Waals surface area contributed by atoms with Gasteiger partial charge in [0.2, 0.25) is 0 Å². The number of nitrogens with zero attached hydrogens (tertiary/aromatic N) is 6. The van der Waals surface area contributed by atoms with Gasteiger partial charge in [-0.2, -0.15) is 0 Å². The summed E-state index contributed by atoms with van der Waals surface area (Å²) in [6.45, 7) is 23.8. The highest BCUT2D eigenvalue weighted by Gasteiger charge is 2.44. The lowest BCUT2D eigenvalue weighted by Crippen LogP contribution is -2.50. The number of benzene rings is 1.